The van der Waals surface area contributed by atoms with Gasteiger partial charge in [-0.05, 0) is 18.2 Å². The van der Waals surface area contributed by atoms with Gasteiger partial charge in [0, 0.05) is 19.2 Å². The number of nitrogen functional groups attached to an aromatic ring is 1. The van der Waals surface area contributed by atoms with Crippen molar-refractivity contribution in [3.05, 3.63) is 42.0 Å². The van der Waals surface area contributed by atoms with Crippen LogP contribution in [-0.2, 0) is 11.3 Å². The Bertz CT molecular complexity index is 683. The number of carbonyl (C=O) groups excluding carboxylic acids is 2. The highest BCUT2D eigenvalue weighted by Crippen LogP contribution is 2.19. The van der Waals surface area contributed by atoms with Crippen LogP contribution in [0.15, 0.2) is 30.6 Å². The lowest BCUT2D eigenvalue weighted by atomic mass is 10.2. The van der Waals surface area contributed by atoms with Crippen molar-refractivity contribution in [2.24, 2.45) is 5.73 Å². The van der Waals surface area contributed by atoms with Crippen LogP contribution in [0, 0.1) is 5.82 Å². The summed E-state index contributed by atoms with van der Waals surface area (Å²) in [4.78, 5) is 22.7. The Morgan fingerprint density at radius 1 is 1.38 bits per heavy atom. The van der Waals surface area contributed by atoms with Crippen LogP contribution in [0.5, 0.6) is 0 Å². The molecule has 110 valence electrons. The molecule has 0 aliphatic rings. The van der Waals surface area contributed by atoms with Gasteiger partial charge in [0.15, 0.2) is 0 Å². The van der Waals surface area contributed by atoms with Gasteiger partial charge in [0.25, 0.3) is 5.91 Å². The second-order valence-corrected chi connectivity index (χ2v) is 4.39. The van der Waals surface area contributed by atoms with Gasteiger partial charge in [-0.3, -0.25) is 14.3 Å². The Kier molecular flexibility index (Phi) is 4.17. The Morgan fingerprint density at radius 2 is 2.14 bits per heavy atom. The molecule has 2 rings (SSSR count). The number of rotatable bonds is 5. The number of aromatic nitrogens is 2. The summed E-state index contributed by atoms with van der Waals surface area (Å²) in [6, 6.07) is 3.72. The highest BCUT2D eigenvalue weighted by Gasteiger charge is 2.08. The number of halogens is 1. The third-order valence-electron chi connectivity index (χ3n) is 2.77. The monoisotopic (exact) mass is 291 g/mol. The number of nitrogens with two attached hydrogens (primary N) is 2. The number of primary amides is 1. The number of carbonyl (C=O) groups is 2. The minimum atomic E-state index is -0.579. The second-order valence-electron chi connectivity index (χ2n) is 4.39. The largest absolute Gasteiger partial charge is 0.397 e. The Hall–Kier alpha value is -2.90. The molecule has 0 unspecified atom stereocenters. The van der Waals surface area contributed by atoms with Crippen molar-refractivity contribution in [1.29, 1.82) is 0 Å². The molecule has 0 aliphatic heterocycles. The molecule has 8 heteroatoms. The predicted octanol–water partition coefficient (Wildman–Crippen LogP) is 0.732. The number of benzene rings is 1. The molecule has 0 saturated heterocycles. The molecule has 0 fully saturated rings. The smallest absolute Gasteiger partial charge is 0.251 e. The van der Waals surface area contributed by atoms with E-state index in [-0.39, 0.29) is 30.1 Å². The number of nitrogens with zero attached hydrogens (tertiary/aromatic N) is 2. The van der Waals surface area contributed by atoms with Crippen molar-refractivity contribution in [3.8, 4) is 0 Å². The molecule has 2 aromatic rings. The fraction of sp³-hybridized carbons (Fsp3) is 0.154. The van der Waals surface area contributed by atoms with E-state index in [1.54, 1.807) is 0 Å². The van der Waals surface area contributed by atoms with Crippen LogP contribution in [0.1, 0.15) is 16.8 Å². The molecule has 0 spiro atoms. The number of hydrogen-bond acceptors (Lipinski definition) is 4. The molecule has 0 atom stereocenters. The number of hydrogen-bond donors (Lipinski definition) is 3. The summed E-state index contributed by atoms with van der Waals surface area (Å²) in [5.74, 6) is -1.35. The van der Waals surface area contributed by atoms with Crippen LogP contribution in [0.3, 0.4) is 0 Å². The first-order valence-electron chi connectivity index (χ1n) is 6.13. The third kappa shape index (κ3) is 3.78. The Labute approximate surface area is 119 Å². The molecular weight excluding hydrogens is 277 g/mol. The average Bonchev–Trinajstić information content (AvgIpc) is 2.89. The van der Waals surface area contributed by atoms with Crippen molar-refractivity contribution in [2.45, 2.75) is 13.0 Å². The number of amides is 2. The zero-order valence-corrected chi connectivity index (χ0v) is 11.0. The maximum atomic E-state index is 12.9. The normalized spacial score (nSPS) is 10.3. The van der Waals surface area contributed by atoms with Gasteiger partial charge in [-0.1, -0.05) is 0 Å². The lowest BCUT2D eigenvalue weighted by molar-refractivity contribution is -0.116. The summed E-state index contributed by atoms with van der Waals surface area (Å²) in [5.41, 5.74) is 11.5. The summed E-state index contributed by atoms with van der Waals surface area (Å²) >= 11 is 0. The maximum Gasteiger partial charge on any atom is 0.251 e. The predicted molar refractivity (Wildman–Crippen MR) is 74.8 cm³/mol. The molecule has 0 bridgehead atoms. The van der Waals surface area contributed by atoms with E-state index in [1.165, 1.54) is 29.2 Å². The summed E-state index contributed by atoms with van der Waals surface area (Å²) in [6.07, 6.45) is 2.91. The van der Waals surface area contributed by atoms with E-state index < -0.39 is 11.7 Å². The minimum Gasteiger partial charge on any atom is -0.397 e. The molecule has 21 heavy (non-hydrogen) atoms. The van der Waals surface area contributed by atoms with Crippen LogP contribution in [0.25, 0.3) is 0 Å². The van der Waals surface area contributed by atoms with Crippen LogP contribution in [-0.4, -0.2) is 21.6 Å². The van der Waals surface area contributed by atoms with Gasteiger partial charge in [-0.15, -0.1) is 0 Å². The van der Waals surface area contributed by atoms with Gasteiger partial charge in [0.2, 0.25) is 5.91 Å². The summed E-state index contributed by atoms with van der Waals surface area (Å²) < 4.78 is 14.3. The molecule has 1 aromatic carbocycles. The molecule has 0 saturated carbocycles. The SMILES string of the molecule is NC(=O)c1cnn(CCC(=O)Nc2ccc(F)cc2N)c1. The third-order valence-corrected chi connectivity index (χ3v) is 2.77. The lowest BCUT2D eigenvalue weighted by Gasteiger charge is -2.08. The van der Waals surface area contributed by atoms with Gasteiger partial charge in [0.1, 0.15) is 5.82 Å². The summed E-state index contributed by atoms with van der Waals surface area (Å²) in [6.45, 7) is 0.278. The molecular formula is C13H14FN5O2. The Balaban J connectivity index is 1.91. The van der Waals surface area contributed by atoms with E-state index in [9.17, 15) is 14.0 Å². The van der Waals surface area contributed by atoms with E-state index in [0.717, 1.165) is 6.07 Å². The highest BCUT2D eigenvalue weighted by atomic mass is 19.1. The van der Waals surface area contributed by atoms with Crippen LogP contribution < -0.4 is 16.8 Å². The van der Waals surface area contributed by atoms with Gasteiger partial charge in [0.05, 0.1) is 23.1 Å². The van der Waals surface area contributed by atoms with E-state index in [2.05, 4.69) is 10.4 Å². The van der Waals surface area contributed by atoms with E-state index in [1.807, 2.05) is 0 Å². The topological polar surface area (TPSA) is 116 Å². The van der Waals surface area contributed by atoms with E-state index in [4.69, 9.17) is 11.5 Å². The maximum absolute atomic E-state index is 12.9. The number of nitrogens with one attached hydrogen (secondary N) is 1. The molecule has 1 heterocycles. The number of aryl methyl sites for hydroxylation is 1. The first-order valence-corrected chi connectivity index (χ1v) is 6.13. The van der Waals surface area contributed by atoms with Crippen molar-refractivity contribution >= 4 is 23.2 Å². The zero-order valence-electron chi connectivity index (χ0n) is 11.0. The minimum absolute atomic E-state index is 0.122. The van der Waals surface area contributed by atoms with Crippen molar-refractivity contribution in [2.75, 3.05) is 11.1 Å². The Morgan fingerprint density at radius 3 is 2.76 bits per heavy atom. The second kappa shape index (κ2) is 6.04. The van der Waals surface area contributed by atoms with Gasteiger partial charge < -0.3 is 16.8 Å². The molecule has 0 aliphatic carbocycles. The molecule has 7 nitrogen and oxygen atoms in total. The first kappa shape index (κ1) is 14.5. The zero-order chi connectivity index (χ0) is 15.4. The van der Waals surface area contributed by atoms with E-state index in [0.29, 0.717) is 5.69 Å². The molecule has 0 radical (unpaired) electrons. The summed E-state index contributed by atoms with van der Waals surface area (Å²) in [7, 11) is 0. The van der Waals surface area contributed by atoms with Gasteiger partial charge >= 0.3 is 0 Å². The lowest BCUT2D eigenvalue weighted by Crippen LogP contribution is -2.16. The van der Waals surface area contributed by atoms with Gasteiger partial charge in [-0.25, -0.2) is 4.39 Å². The first-order chi connectivity index (χ1) is 9.95. The van der Waals surface area contributed by atoms with Crippen molar-refractivity contribution < 1.29 is 14.0 Å². The molecule has 2 amide bonds. The van der Waals surface area contributed by atoms with Crippen molar-refractivity contribution in [1.82, 2.24) is 9.78 Å². The highest BCUT2D eigenvalue weighted by molar-refractivity contribution is 5.94. The fourth-order valence-electron chi connectivity index (χ4n) is 1.69. The standard InChI is InChI=1S/C13H14FN5O2/c14-9-1-2-11(10(15)5-9)18-12(20)3-4-19-7-8(6-17-19)13(16)21/h1-2,5-7H,3-4,15H2,(H2,16,21)(H,18,20). The van der Waals surface area contributed by atoms with Gasteiger partial charge in [-0.2, -0.15) is 5.10 Å². The number of anilines is 2. The van der Waals surface area contributed by atoms with Crippen LogP contribution in [0.4, 0.5) is 15.8 Å². The van der Waals surface area contributed by atoms with Crippen molar-refractivity contribution in [3.63, 3.8) is 0 Å². The molecule has 1 aromatic heterocycles. The van der Waals surface area contributed by atoms with Crippen LogP contribution >= 0.6 is 0 Å². The summed E-state index contributed by atoms with van der Waals surface area (Å²) in [5, 5.41) is 6.48. The van der Waals surface area contributed by atoms with Crippen LogP contribution in [0.2, 0.25) is 0 Å². The van der Waals surface area contributed by atoms with E-state index >= 15 is 0 Å². The molecule has 5 N–H and O–H groups in total. The fourth-order valence-corrected chi connectivity index (χ4v) is 1.69. The quantitative estimate of drug-likeness (QED) is 0.704. The average molecular weight is 291 g/mol.